The van der Waals surface area contributed by atoms with Crippen molar-refractivity contribution in [2.45, 2.75) is 24.8 Å². The van der Waals surface area contributed by atoms with Crippen LogP contribution in [0, 0.1) is 0 Å². The summed E-state index contributed by atoms with van der Waals surface area (Å²) in [6, 6.07) is 3.86. The number of hydrogen-bond acceptors (Lipinski definition) is 4. The number of aliphatic hydroxyl groups is 1. The van der Waals surface area contributed by atoms with Gasteiger partial charge in [0.2, 0.25) is 6.08 Å². The second-order valence-electron chi connectivity index (χ2n) is 3.82. The highest BCUT2D eigenvalue weighted by Gasteiger charge is 2.45. The van der Waals surface area contributed by atoms with Crippen LogP contribution in [-0.4, -0.2) is 23.5 Å². The summed E-state index contributed by atoms with van der Waals surface area (Å²) in [6.45, 7) is 0. The molecule has 2 rings (SSSR count). The minimum absolute atomic E-state index is 0.0547. The molecule has 7 heteroatoms. The molecular formula is C11H8F3NO3. The Hall–Kier alpha value is -1.85. The van der Waals surface area contributed by atoms with Gasteiger partial charge in [-0.05, 0) is 18.2 Å². The summed E-state index contributed by atoms with van der Waals surface area (Å²) in [4.78, 5) is 13.4. The third kappa shape index (κ3) is 2.37. The SMILES string of the molecule is O=C=Nc1ccc2c(c1)C(O)CC(C(F)(F)F)O2. The molecule has 0 spiro atoms. The van der Waals surface area contributed by atoms with Gasteiger partial charge in [-0.15, -0.1) is 0 Å². The van der Waals surface area contributed by atoms with E-state index in [1.165, 1.54) is 24.3 Å². The van der Waals surface area contributed by atoms with Crippen LogP contribution >= 0.6 is 0 Å². The lowest BCUT2D eigenvalue weighted by Gasteiger charge is -2.30. The Labute approximate surface area is 99.7 Å². The van der Waals surface area contributed by atoms with Crippen molar-refractivity contribution in [2.75, 3.05) is 0 Å². The van der Waals surface area contributed by atoms with E-state index in [-0.39, 0.29) is 17.0 Å². The van der Waals surface area contributed by atoms with Gasteiger partial charge in [0.05, 0.1) is 11.8 Å². The number of ether oxygens (including phenoxy) is 1. The number of nitrogens with zero attached hydrogens (tertiary/aromatic N) is 1. The Kier molecular flexibility index (Phi) is 3.11. The number of aliphatic imine (C=N–C) groups is 1. The molecule has 0 amide bonds. The maximum absolute atomic E-state index is 12.5. The summed E-state index contributed by atoms with van der Waals surface area (Å²) in [5.41, 5.74) is 0.392. The van der Waals surface area contributed by atoms with Crippen LogP contribution in [0.1, 0.15) is 18.1 Å². The zero-order valence-corrected chi connectivity index (χ0v) is 8.94. The Morgan fingerprint density at radius 2 is 2.17 bits per heavy atom. The summed E-state index contributed by atoms with van der Waals surface area (Å²) in [6.07, 6.45) is -7.13. The smallest absolute Gasteiger partial charge is 0.425 e. The van der Waals surface area contributed by atoms with Crippen LogP contribution in [0.5, 0.6) is 5.75 Å². The highest BCUT2D eigenvalue weighted by Crippen LogP contribution is 2.41. The van der Waals surface area contributed by atoms with Gasteiger partial charge in [0.25, 0.3) is 0 Å². The van der Waals surface area contributed by atoms with E-state index in [4.69, 9.17) is 4.74 Å². The highest BCUT2D eigenvalue weighted by molar-refractivity contribution is 5.54. The molecular weight excluding hydrogens is 251 g/mol. The van der Waals surface area contributed by atoms with Gasteiger partial charge in [0, 0.05) is 12.0 Å². The highest BCUT2D eigenvalue weighted by atomic mass is 19.4. The van der Waals surface area contributed by atoms with Crippen LogP contribution in [-0.2, 0) is 4.79 Å². The van der Waals surface area contributed by atoms with E-state index in [2.05, 4.69) is 4.99 Å². The third-order valence-corrected chi connectivity index (χ3v) is 2.60. The van der Waals surface area contributed by atoms with E-state index in [1.54, 1.807) is 0 Å². The number of carbonyl (C=O) groups excluding carboxylic acids is 1. The molecule has 1 aromatic rings. The summed E-state index contributed by atoms with van der Waals surface area (Å²) < 4.78 is 42.3. The molecule has 1 heterocycles. The molecule has 0 radical (unpaired) electrons. The number of benzene rings is 1. The van der Waals surface area contributed by atoms with Crippen molar-refractivity contribution in [2.24, 2.45) is 4.99 Å². The lowest BCUT2D eigenvalue weighted by Crippen LogP contribution is -2.38. The molecule has 1 aliphatic heterocycles. The molecule has 1 aromatic carbocycles. The van der Waals surface area contributed by atoms with Crippen molar-refractivity contribution in [3.8, 4) is 5.75 Å². The van der Waals surface area contributed by atoms with Crippen LogP contribution < -0.4 is 4.74 Å². The van der Waals surface area contributed by atoms with Gasteiger partial charge in [-0.1, -0.05) is 0 Å². The zero-order valence-electron chi connectivity index (χ0n) is 8.94. The van der Waals surface area contributed by atoms with Crippen molar-refractivity contribution in [1.82, 2.24) is 0 Å². The Morgan fingerprint density at radius 1 is 1.44 bits per heavy atom. The molecule has 0 saturated carbocycles. The van der Waals surface area contributed by atoms with Gasteiger partial charge in [-0.25, -0.2) is 4.79 Å². The van der Waals surface area contributed by atoms with Crippen LogP contribution in [0.25, 0.3) is 0 Å². The lowest BCUT2D eigenvalue weighted by atomic mass is 9.98. The molecule has 0 aromatic heterocycles. The third-order valence-electron chi connectivity index (χ3n) is 2.60. The Morgan fingerprint density at radius 3 is 2.78 bits per heavy atom. The quantitative estimate of drug-likeness (QED) is 0.622. The molecule has 2 unspecified atom stereocenters. The number of halogens is 3. The first-order valence-electron chi connectivity index (χ1n) is 5.05. The maximum atomic E-state index is 12.5. The van der Waals surface area contributed by atoms with Crippen molar-refractivity contribution >= 4 is 11.8 Å². The standard InChI is InChI=1S/C11H8F3NO3/c12-11(13,14)10-4-8(17)7-3-6(15-5-16)1-2-9(7)18-10/h1-3,8,10,17H,4H2. The molecule has 18 heavy (non-hydrogen) atoms. The zero-order chi connectivity index (χ0) is 13.3. The van der Waals surface area contributed by atoms with Crippen LogP contribution in [0.15, 0.2) is 23.2 Å². The summed E-state index contributed by atoms with van der Waals surface area (Å²) >= 11 is 0. The van der Waals surface area contributed by atoms with E-state index in [0.717, 1.165) is 0 Å². The van der Waals surface area contributed by atoms with Crippen molar-refractivity contribution in [3.63, 3.8) is 0 Å². The molecule has 0 saturated heterocycles. The monoisotopic (exact) mass is 259 g/mol. The van der Waals surface area contributed by atoms with Crippen molar-refractivity contribution in [3.05, 3.63) is 23.8 Å². The number of isocyanates is 1. The molecule has 1 N–H and O–H groups in total. The van der Waals surface area contributed by atoms with E-state index in [9.17, 15) is 23.1 Å². The van der Waals surface area contributed by atoms with Gasteiger partial charge in [0.1, 0.15) is 5.75 Å². The number of aliphatic hydroxyl groups excluding tert-OH is 1. The fourth-order valence-electron chi connectivity index (χ4n) is 1.76. The number of rotatable bonds is 1. The minimum Gasteiger partial charge on any atom is -0.480 e. The molecule has 4 nitrogen and oxygen atoms in total. The van der Waals surface area contributed by atoms with E-state index in [1.807, 2.05) is 0 Å². The number of fused-ring (bicyclic) bond motifs is 1. The Balaban J connectivity index is 2.36. The largest absolute Gasteiger partial charge is 0.480 e. The molecule has 2 atom stereocenters. The molecule has 0 aliphatic carbocycles. The van der Waals surface area contributed by atoms with Crippen molar-refractivity contribution in [1.29, 1.82) is 0 Å². The lowest BCUT2D eigenvalue weighted by molar-refractivity contribution is -0.207. The van der Waals surface area contributed by atoms with E-state index in [0.29, 0.717) is 0 Å². The normalized spacial score (nSPS) is 22.7. The first kappa shape index (κ1) is 12.6. The summed E-state index contributed by atoms with van der Waals surface area (Å²) in [5, 5.41) is 9.67. The van der Waals surface area contributed by atoms with Crippen LogP contribution in [0.2, 0.25) is 0 Å². The fourth-order valence-corrected chi connectivity index (χ4v) is 1.76. The second-order valence-corrected chi connectivity index (χ2v) is 3.82. The van der Waals surface area contributed by atoms with Gasteiger partial charge in [-0.2, -0.15) is 18.2 Å². The number of hydrogen-bond donors (Lipinski definition) is 1. The van der Waals surface area contributed by atoms with Crippen molar-refractivity contribution < 1.29 is 27.8 Å². The average molecular weight is 259 g/mol. The van der Waals surface area contributed by atoms with Crippen LogP contribution in [0.4, 0.5) is 18.9 Å². The van der Waals surface area contributed by atoms with Gasteiger partial charge in [-0.3, -0.25) is 0 Å². The predicted molar refractivity (Wildman–Crippen MR) is 54.3 cm³/mol. The van der Waals surface area contributed by atoms with E-state index >= 15 is 0 Å². The first-order valence-corrected chi connectivity index (χ1v) is 5.05. The second kappa shape index (κ2) is 4.44. The molecule has 96 valence electrons. The van der Waals surface area contributed by atoms with E-state index < -0.39 is 24.8 Å². The first-order chi connectivity index (χ1) is 8.41. The van der Waals surface area contributed by atoms with Crippen LogP contribution in [0.3, 0.4) is 0 Å². The molecule has 0 bridgehead atoms. The van der Waals surface area contributed by atoms with Gasteiger partial charge >= 0.3 is 6.18 Å². The van der Waals surface area contributed by atoms with Gasteiger partial charge < -0.3 is 9.84 Å². The topological polar surface area (TPSA) is 58.9 Å². The Bertz CT molecular complexity index is 509. The molecule has 1 aliphatic rings. The minimum atomic E-state index is -4.53. The number of alkyl halides is 3. The van der Waals surface area contributed by atoms with Gasteiger partial charge in [0.15, 0.2) is 6.10 Å². The summed E-state index contributed by atoms with van der Waals surface area (Å²) in [5.74, 6) is -0.0547. The maximum Gasteiger partial charge on any atom is 0.425 e. The summed E-state index contributed by atoms with van der Waals surface area (Å²) in [7, 11) is 0. The average Bonchev–Trinajstić information content (AvgIpc) is 2.29. The fraction of sp³-hybridized carbons (Fsp3) is 0.364. The molecule has 0 fully saturated rings. The predicted octanol–water partition coefficient (Wildman–Crippen LogP) is 2.40.